The maximum atomic E-state index is 5.30. The largest absolute Gasteiger partial charge is 0.377 e. The summed E-state index contributed by atoms with van der Waals surface area (Å²) in [5.41, 5.74) is 2.12. The van der Waals surface area contributed by atoms with Crippen LogP contribution in [0.3, 0.4) is 0 Å². The normalized spacial score (nSPS) is 10.0. The van der Waals surface area contributed by atoms with Crippen molar-refractivity contribution in [3.8, 4) is 0 Å². The lowest BCUT2D eigenvalue weighted by Crippen LogP contribution is -2.03. The second-order valence-corrected chi connectivity index (χ2v) is 3.37. The van der Waals surface area contributed by atoms with E-state index >= 15 is 0 Å². The second-order valence-electron chi connectivity index (χ2n) is 3.37. The van der Waals surface area contributed by atoms with Crippen LogP contribution in [0.2, 0.25) is 0 Å². The first-order valence-corrected chi connectivity index (χ1v) is 4.57. The molecule has 0 spiro atoms. The third kappa shape index (κ3) is 11.4. The molecule has 0 aliphatic heterocycles. The van der Waals surface area contributed by atoms with E-state index in [2.05, 4.69) is 13.2 Å². The molecule has 0 bridgehead atoms. The van der Waals surface area contributed by atoms with E-state index in [0.717, 1.165) is 30.8 Å². The van der Waals surface area contributed by atoms with Gasteiger partial charge >= 0.3 is 0 Å². The summed E-state index contributed by atoms with van der Waals surface area (Å²) in [4.78, 5) is 0. The van der Waals surface area contributed by atoms with Crippen molar-refractivity contribution >= 4 is 0 Å². The number of hydrogen-bond donors (Lipinski definition) is 0. The summed E-state index contributed by atoms with van der Waals surface area (Å²) in [7, 11) is 0. The molecule has 0 amide bonds. The fourth-order valence-corrected chi connectivity index (χ4v) is 0.756. The standard InChI is InChI=1S/C11H20O2/c1-10(2)8-12-6-5-7-13-9-11(3)4/h1,3,5-9H2,2,4H3. The minimum absolute atomic E-state index is 0.653. The van der Waals surface area contributed by atoms with E-state index in [-0.39, 0.29) is 0 Å². The summed E-state index contributed by atoms with van der Waals surface area (Å²) in [6.07, 6.45) is 0.931. The van der Waals surface area contributed by atoms with Crippen molar-refractivity contribution in [2.75, 3.05) is 26.4 Å². The maximum absolute atomic E-state index is 5.30. The Labute approximate surface area is 81.2 Å². The van der Waals surface area contributed by atoms with Crippen molar-refractivity contribution in [3.63, 3.8) is 0 Å². The Kier molecular flexibility index (Phi) is 7.65. The fraction of sp³-hybridized carbons (Fsp3) is 0.636. The molecule has 0 N–H and O–H groups in total. The van der Waals surface area contributed by atoms with Gasteiger partial charge in [0, 0.05) is 13.2 Å². The second kappa shape index (κ2) is 8.02. The minimum atomic E-state index is 0.653. The number of hydrogen-bond acceptors (Lipinski definition) is 2. The molecule has 0 fully saturated rings. The average Bonchev–Trinajstić information content (AvgIpc) is 2.01. The van der Waals surface area contributed by atoms with Gasteiger partial charge in [-0.2, -0.15) is 0 Å². The van der Waals surface area contributed by atoms with E-state index in [1.807, 2.05) is 13.8 Å². The van der Waals surface area contributed by atoms with Gasteiger partial charge in [-0.15, -0.1) is 0 Å². The molecule has 0 aliphatic carbocycles. The lowest BCUT2D eigenvalue weighted by Gasteiger charge is -2.04. The first-order chi connectivity index (χ1) is 6.13. The topological polar surface area (TPSA) is 18.5 Å². The Balaban J connectivity index is 3.00. The zero-order valence-electron chi connectivity index (χ0n) is 8.77. The van der Waals surface area contributed by atoms with Crippen LogP contribution in [0, 0.1) is 0 Å². The molecule has 0 rings (SSSR count). The Morgan fingerprint density at radius 2 is 1.31 bits per heavy atom. The number of rotatable bonds is 8. The SMILES string of the molecule is C=C(C)COCCCOCC(=C)C. The van der Waals surface area contributed by atoms with Crippen molar-refractivity contribution in [2.45, 2.75) is 20.3 Å². The fourth-order valence-electron chi connectivity index (χ4n) is 0.756. The van der Waals surface area contributed by atoms with Gasteiger partial charge in [0.25, 0.3) is 0 Å². The van der Waals surface area contributed by atoms with Crippen molar-refractivity contribution in [2.24, 2.45) is 0 Å². The van der Waals surface area contributed by atoms with Crippen molar-refractivity contribution in [1.82, 2.24) is 0 Å². The van der Waals surface area contributed by atoms with Crippen LogP contribution in [0.4, 0.5) is 0 Å². The van der Waals surface area contributed by atoms with Crippen LogP contribution < -0.4 is 0 Å². The van der Waals surface area contributed by atoms with Gasteiger partial charge in [0.05, 0.1) is 13.2 Å². The van der Waals surface area contributed by atoms with Crippen molar-refractivity contribution in [1.29, 1.82) is 0 Å². The predicted molar refractivity (Wildman–Crippen MR) is 55.9 cm³/mol. The Morgan fingerprint density at radius 3 is 1.62 bits per heavy atom. The highest BCUT2D eigenvalue weighted by molar-refractivity contribution is 4.87. The van der Waals surface area contributed by atoms with Crippen LogP contribution in [0.15, 0.2) is 24.3 Å². The zero-order valence-corrected chi connectivity index (χ0v) is 8.77. The molecule has 0 aromatic rings. The van der Waals surface area contributed by atoms with E-state index in [9.17, 15) is 0 Å². The van der Waals surface area contributed by atoms with Crippen LogP contribution in [-0.4, -0.2) is 26.4 Å². The Hall–Kier alpha value is -0.600. The molecule has 76 valence electrons. The summed E-state index contributed by atoms with van der Waals surface area (Å²) in [5.74, 6) is 0. The molecule has 0 aromatic heterocycles. The van der Waals surface area contributed by atoms with Crippen LogP contribution >= 0.6 is 0 Å². The summed E-state index contributed by atoms with van der Waals surface area (Å²) in [6, 6.07) is 0. The van der Waals surface area contributed by atoms with E-state index in [0.29, 0.717) is 13.2 Å². The summed E-state index contributed by atoms with van der Waals surface area (Å²) in [5, 5.41) is 0. The highest BCUT2D eigenvalue weighted by Gasteiger charge is 1.90. The average molecular weight is 184 g/mol. The lowest BCUT2D eigenvalue weighted by atomic mass is 10.4. The van der Waals surface area contributed by atoms with Gasteiger partial charge in [0.1, 0.15) is 0 Å². The molecule has 0 heterocycles. The molecule has 0 saturated heterocycles. The van der Waals surface area contributed by atoms with Crippen LogP contribution in [0.1, 0.15) is 20.3 Å². The summed E-state index contributed by atoms with van der Waals surface area (Å²) >= 11 is 0. The van der Waals surface area contributed by atoms with Gasteiger partial charge in [-0.05, 0) is 20.3 Å². The van der Waals surface area contributed by atoms with E-state index in [4.69, 9.17) is 9.47 Å². The van der Waals surface area contributed by atoms with Crippen LogP contribution in [0.25, 0.3) is 0 Å². The first kappa shape index (κ1) is 12.4. The third-order valence-electron chi connectivity index (χ3n) is 1.27. The Bertz CT molecular complexity index is 143. The predicted octanol–water partition coefficient (Wildman–Crippen LogP) is 2.56. The lowest BCUT2D eigenvalue weighted by molar-refractivity contribution is 0.102. The highest BCUT2D eigenvalue weighted by Crippen LogP contribution is 1.93. The van der Waals surface area contributed by atoms with Gasteiger partial charge < -0.3 is 9.47 Å². The molecule has 0 atom stereocenters. The molecule has 0 aromatic carbocycles. The quantitative estimate of drug-likeness (QED) is 0.426. The van der Waals surface area contributed by atoms with Crippen LogP contribution in [-0.2, 0) is 9.47 Å². The Morgan fingerprint density at radius 1 is 0.923 bits per heavy atom. The molecule has 0 saturated carbocycles. The molecule has 2 heteroatoms. The molecular weight excluding hydrogens is 164 g/mol. The van der Waals surface area contributed by atoms with E-state index in [1.54, 1.807) is 0 Å². The van der Waals surface area contributed by atoms with Crippen molar-refractivity contribution in [3.05, 3.63) is 24.3 Å². The van der Waals surface area contributed by atoms with Crippen molar-refractivity contribution < 1.29 is 9.47 Å². The van der Waals surface area contributed by atoms with Gasteiger partial charge in [-0.1, -0.05) is 24.3 Å². The van der Waals surface area contributed by atoms with Gasteiger partial charge in [0.15, 0.2) is 0 Å². The van der Waals surface area contributed by atoms with Gasteiger partial charge in [0.2, 0.25) is 0 Å². The third-order valence-corrected chi connectivity index (χ3v) is 1.27. The first-order valence-electron chi connectivity index (χ1n) is 4.57. The minimum Gasteiger partial charge on any atom is -0.377 e. The van der Waals surface area contributed by atoms with E-state index < -0.39 is 0 Å². The van der Waals surface area contributed by atoms with Gasteiger partial charge in [-0.25, -0.2) is 0 Å². The maximum Gasteiger partial charge on any atom is 0.0671 e. The van der Waals surface area contributed by atoms with Crippen LogP contribution in [0.5, 0.6) is 0 Å². The number of ether oxygens (including phenoxy) is 2. The summed E-state index contributed by atoms with van der Waals surface area (Å²) < 4.78 is 10.6. The molecule has 0 unspecified atom stereocenters. The smallest absolute Gasteiger partial charge is 0.0671 e. The molecule has 0 radical (unpaired) electrons. The van der Waals surface area contributed by atoms with Gasteiger partial charge in [-0.3, -0.25) is 0 Å². The highest BCUT2D eigenvalue weighted by atomic mass is 16.5. The van der Waals surface area contributed by atoms with E-state index in [1.165, 1.54) is 0 Å². The summed E-state index contributed by atoms with van der Waals surface area (Å²) in [6.45, 7) is 14.2. The molecular formula is C11H20O2. The zero-order chi connectivity index (χ0) is 10.1. The molecule has 0 aliphatic rings. The molecule has 2 nitrogen and oxygen atoms in total. The monoisotopic (exact) mass is 184 g/mol. The molecule has 13 heavy (non-hydrogen) atoms.